The summed E-state index contributed by atoms with van der Waals surface area (Å²) in [5.74, 6) is -1.30. The molecule has 2 aromatic carbocycles. The number of fused-ring (bicyclic) bond motifs is 2. The summed E-state index contributed by atoms with van der Waals surface area (Å²) >= 11 is 0. The lowest BCUT2D eigenvalue weighted by Gasteiger charge is -2.47. The van der Waals surface area contributed by atoms with Crippen molar-refractivity contribution in [2.24, 2.45) is 0 Å². The van der Waals surface area contributed by atoms with Gasteiger partial charge in [-0.25, -0.2) is 9.37 Å². The summed E-state index contributed by atoms with van der Waals surface area (Å²) in [6.07, 6.45) is -16.7. The third-order valence-electron chi connectivity index (χ3n) is 14.3. The third-order valence-corrected chi connectivity index (χ3v) is 14.3. The number of hydrogen-bond acceptors (Lipinski definition) is 20. The van der Waals surface area contributed by atoms with Crippen molar-refractivity contribution in [3.05, 3.63) is 71.1 Å². The largest absolute Gasteiger partial charge is 0.478 e. The van der Waals surface area contributed by atoms with Gasteiger partial charge < -0.3 is 99.4 Å². The number of rotatable bonds is 24. The first-order chi connectivity index (χ1) is 37.3. The van der Waals surface area contributed by atoms with E-state index in [9.17, 15) is 65.4 Å². The highest BCUT2D eigenvalue weighted by molar-refractivity contribution is 6.09. The molecule has 0 saturated carbocycles. The Labute approximate surface area is 450 Å². The third kappa shape index (κ3) is 14.4. The van der Waals surface area contributed by atoms with Crippen LogP contribution in [0, 0.1) is 0 Å². The Morgan fingerprint density at radius 3 is 2.04 bits per heavy atom. The summed E-state index contributed by atoms with van der Waals surface area (Å²) in [6, 6.07) is 16.1. The van der Waals surface area contributed by atoms with E-state index in [-0.39, 0.29) is 49.6 Å². The second kappa shape index (κ2) is 27.8. The summed E-state index contributed by atoms with van der Waals surface area (Å²) < 4.78 is 42.4. The number of carbonyl (C=O) groups is 3. The second-order valence-electron chi connectivity index (χ2n) is 20.2. The molecule has 0 radical (unpaired) electrons. The molecule has 0 aromatic heterocycles. The monoisotopic (exact) mass is 1100 g/mol. The van der Waals surface area contributed by atoms with Crippen molar-refractivity contribution in [3.8, 4) is 22.5 Å². The van der Waals surface area contributed by atoms with Crippen molar-refractivity contribution in [2.75, 3.05) is 72.6 Å². The number of carbonyl (C=O) groups excluding carboxylic acids is 2. The minimum absolute atomic E-state index is 0.0569. The van der Waals surface area contributed by atoms with E-state index in [4.69, 9.17) is 32.8 Å². The fraction of sp³-hybridized carbons (Fsp3) is 0.593. The van der Waals surface area contributed by atoms with E-state index < -0.39 is 118 Å². The van der Waals surface area contributed by atoms with Crippen LogP contribution in [0.5, 0.6) is 0 Å². The van der Waals surface area contributed by atoms with Gasteiger partial charge in [-0.2, -0.15) is 0 Å². The number of benzene rings is 3. The van der Waals surface area contributed by atoms with E-state index in [2.05, 4.69) is 10.6 Å². The number of aromatic carboxylic acids is 1. The van der Waals surface area contributed by atoms with E-state index in [1.54, 1.807) is 12.1 Å². The number of nitrogens with one attached hydrogen (secondary N) is 2. The van der Waals surface area contributed by atoms with Gasteiger partial charge in [0.15, 0.2) is 18.9 Å². The highest BCUT2D eigenvalue weighted by Crippen LogP contribution is 2.42. The number of aliphatic hydroxyl groups is 9. The molecule has 3 fully saturated rings. The maximum absolute atomic E-state index is 13.3. The fourth-order valence-electron chi connectivity index (χ4n) is 9.83. The highest BCUT2D eigenvalue weighted by Gasteiger charge is 2.52. The van der Waals surface area contributed by atoms with Gasteiger partial charge in [0.2, 0.25) is 11.3 Å². The van der Waals surface area contributed by atoms with Crippen LogP contribution in [0.4, 0.5) is 5.69 Å². The van der Waals surface area contributed by atoms with Crippen LogP contribution in [0.3, 0.4) is 0 Å². The fourth-order valence-corrected chi connectivity index (χ4v) is 9.83. The predicted octanol–water partition coefficient (Wildman–Crippen LogP) is -0.929. The van der Waals surface area contributed by atoms with Crippen molar-refractivity contribution < 1.29 is 98.3 Å². The zero-order valence-electron chi connectivity index (χ0n) is 44.1. The number of carboxylic acid groups (broad SMARTS) is 1. The molecule has 12 N–H and O–H groups in total. The van der Waals surface area contributed by atoms with Gasteiger partial charge in [0.25, 0.3) is 5.91 Å². The number of aliphatic hydroxyl groups excluding tert-OH is 9. The molecule has 0 unspecified atom stereocenters. The zero-order chi connectivity index (χ0) is 56.4. The molecule has 2 aromatic rings. The molecule has 7 rings (SSSR count). The molecule has 24 nitrogen and oxygen atoms in total. The summed E-state index contributed by atoms with van der Waals surface area (Å²) in [6.45, 7) is -1.74. The zero-order valence-corrected chi connectivity index (χ0v) is 44.1. The average Bonchev–Trinajstić information content (AvgIpc) is 3.62. The first kappa shape index (κ1) is 60.4. The Hall–Kier alpha value is -5.26. The number of amides is 2. The van der Waals surface area contributed by atoms with Gasteiger partial charge in [-0.1, -0.05) is 31.7 Å². The van der Waals surface area contributed by atoms with Crippen molar-refractivity contribution in [2.45, 2.75) is 137 Å². The molecule has 2 amide bonds. The summed E-state index contributed by atoms with van der Waals surface area (Å²) in [4.78, 5) is 40.6. The molecule has 14 atom stereocenters. The Bertz CT molecular complexity index is 2680. The molecular formula is C54H75N4O20+. The molecule has 3 saturated heterocycles. The van der Waals surface area contributed by atoms with Gasteiger partial charge in [-0.15, -0.1) is 0 Å². The van der Waals surface area contributed by atoms with Crippen molar-refractivity contribution in [3.63, 3.8) is 0 Å². The SMILES string of the molecule is CN(C)c1ccc2c(-c3ccc(C(=O)NCCNC(=O)CCCCCCCCO[C@@H]4O[C@H](CO)[C@@H](O[C@@H]5O[C@H](CO)[C@H](O)[C@H](O[C@@H]6C[C@@H](O)[C@@H](O)[C@@H](CO)O6)[C@H]5O)[C@H](O)[C@H]4O)cc3C(=O)O)c3ccc(=[N+](C)C)cc-3oc2c1. The Morgan fingerprint density at radius 2 is 1.35 bits per heavy atom. The van der Waals surface area contributed by atoms with Crippen molar-refractivity contribution in [1.82, 2.24) is 15.2 Å². The smallest absolute Gasteiger partial charge is 0.336 e. The summed E-state index contributed by atoms with van der Waals surface area (Å²) in [5.41, 5.74) is 3.37. The van der Waals surface area contributed by atoms with Crippen LogP contribution < -0.4 is 25.5 Å². The molecule has 78 heavy (non-hydrogen) atoms. The number of carboxylic acids is 1. The molecule has 1 aliphatic carbocycles. The van der Waals surface area contributed by atoms with Crippen LogP contribution in [-0.4, -0.2) is 223 Å². The first-order valence-electron chi connectivity index (χ1n) is 26.3. The summed E-state index contributed by atoms with van der Waals surface area (Å²) in [7, 11) is 7.68. The first-order valence-corrected chi connectivity index (χ1v) is 26.3. The van der Waals surface area contributed by atoms with Crippen LogP contribution >= 0.6 is 0 Å². The minimum Gasteiger partial charge on any atom is -0.478 e. The van der Waals surface area contributed by atoms with Crippen LogP contribution in [0.15, 0.2) is 59.0 Å². The number of ether oxygens (including phenoxy) is 6. The average molecular weight is 1100 g/mol. The minimum atomic E-state index is -1.82. The number of nitrogens with zero attached hydrogens (tertiary/aromatic N) is 2. The van der Waals surface area contributed by atoms with Crippen LogP contribution in [0.2, 0.25) is 0 Å². The highest BCUT2D eigenvalue weighted by atomic mass is 16.8. The predicted molar refractivity (Wildman–Crippen MR) is 278 cm³/mol. The normalized spacial score (nSPS) is 28.4. The lowest BCUT2D eigenvalue weighted by Crippen LogP contribution is -2.65. The Morgan fingerprint density at radius 1 is 0.679 bits per heavy atom. The van der Waals surface area contributed by atoms with Crippen molar-refractivity contribution in [1.29, 1.82) is 0 Å². The van der Waals surface area contributed by atoms with Gasteiger partial charge >= 0.3 is 5.97 Å². The lowest BCUT2D eigenvalue weighted by atomic mass is 9.89. The van der Waals surface area contributed by atoms with Gasteiger partial charge in [0.05, 0.1) is 37.6 Å². The van der Waals surface area contributed by atoms with Crippen molar-refractivity contribution >= 4 is 34.4 Å². The van der Waals surface area contributed by atoms with Gasteiger partial charge in [0.1, 0.15) is 86.5 Å². The van der Waals surface area contributed by atoms with Gasteiger partial charge in [0, 0.05) is 86.5 Å². The quantitative estimate of drug-likeness (QED) is 0.0229. The van der Waals surface area contributed by atoms with Crippen LogP contribution in [0.1, 0.15) is 72.1 Å². The topological polar surface area (TPSA) is 352 Å². The maximum Gasteiger partial charge on any atom is 0.336 e. The van der Waals surface area contributed by atoms with E-state index in [0.717, 1.165) is 36.7 Å². The van der Waals surface area contributed by atoms with E-state index in [0.29, 0.717) is 46.3 Å². The maximum atomic E-state index is 13.3. The molecule has 0 bridgehead atoms. The Balaban J connectivity index is 0.802. The number of anilines is 1. The number of hydrogen-bond donors (Lipinski definition) is 12. The molecule has 4 heterocycles. The van der Waals surface area contributed by atoms with Gasteiger partial charge in [-0.3, -0.25) is 9.59 Å². The van der Waals surface area contributed by atoms with E-state index >= 15 is 0 Å². The van der Waals surface area contributed by atoms with Crippen LogP contribution in [0.25, 0.3) is 33.4 Å². The molecular weight excluding hydrogens is 1020 g/mol. The molecule has 5 aliphatic rings. The molecule has 430 valence electrons. The summed E-state index contributed by atoms with van der Waals surface area (Å²) in [5, 5.41) is 112. The second-order valence-corrected chi connectivity index (χ2v) is 20.2. The van der Waals surface area contributed by atoms with E-state index in [1.807, 2.05) is 74.1 Å². The standard InChI is InChI=1S/C54H74N4O20/c1-57(2)29-13-16-32-36(22-29)73-37-23-30(58(3)4)14-17-33(37)43(32)31-15-12-28(21-34(31)52(70)71)51(69)56-19-18-55-41(63)11-9-7-5-6-8-10-20-72-53-47(67)46(66)49(40(27-61)76-53)78-54-48(68)50(45(65)39(26-60)75-54)77-42-24-35(62)44(64)38(25-59)74-42/h12-17,21-23,35,38-40,42,44-50,53-54,59-62,64-68H,5-11,18-20,24-27H2,1-4H3,(H2-,55,56,63,69,70,71)/p+1/t35-,38-,39-,40-,42-,44-,45+,46-,47-,48-,49-,50+,53-,54+/m1/s1. The molecule has 24 heteroatoms. The Kier molecular flexibility index (Phi) is 21.5. The van der Waals surface area contributed by atoms with Crippen LogP contribution in [-0.2, 0) is 33.2 Å². The lowest BCUT2D eigenvalue weighted by molar-refractivity contribution is -0.373. The van der Waals surface area contributed by atoms with E-state index in [1.165, 1.54) is 6.07 Å². The number of unbranched alkanes of at least 4 members (excludes halogenated alkanes) is 5. The molecule has 4 aliphatic heterocycles. The molecule has 0 spiro atoms. The van der Waals surface area contributed by atoms with Gasteiger partial charge in [-0.05, 0) is 48.7 Å².